The third kappa shape index (κ3) is 4.87. The number of urea groups is 1. The van der Waals surface area contributed by atoms with E-state index in [0.29, 0.717) is 25.1 Å². The molecule has 1 heterocycles. The van der Waals surface area contributed by atoms with E-state index in [1.165, 1.54) is 4.90 Å². The van der Waals surface area contributed by atoms with Crippen molar-refractivity contribution in [1.29, 1.82) is 0 Å². The molecule has 0 aromatic heterocycles. The summed E-state index contributed by atoms with van der Waals surface area (Å²) in [5, 5.41) is 0. The monoisotopic (exact) mass is 334 g/mol. The zero-order chi connectivity index (χ0) is 17.5. The Labute approximate surface area is 140 Å². The Kier molecular flexibility index (Phi) is 6.00. The molecule has 0 aliphatic carbocycles. The van der Waals surface area contributed by atoms with Crippen molar-refractivity contribution < 1.29 is 19.1 Å². The lowest BCUT2D eigenvalue weighted by Crippen LogP contribution is -2.51. The predicted octanol–water partition coefficient (Wildman–Crippen LogP) is 0.312. The molecular weight excluding hydrogens is 312 g/mol. The van der Waals surface area contributed by atoms with Gasteiger partial charge in [-0.2, -0.15) is 0 Å². The highest BCUT2D eigenvalue weighted by molar-refractivity contribution is 5.84. The van der Waals surface area contributed by atoms with E-state index < -0.39 is 11.9 Å². The maximum absolute atomic E-state index is 12.1. The first kappa shape index (κ1) is 17.6. The van der Waals surface area contributed by atoms with Crippen LogP contribution in [-0.2, 0) is 9.59 Å². The summed E-state index contributed by atoms with van der Waals surface area (Å²) in [6, 6.07) is 6.80. The van der Waals surface area contributed by atoms with Crippen LogP contribution in [0, 0.1) is 12.8 Å². The van der Waals surface area contributed by atoms with Gasteiger partial charge >= 0.3 is 6.03 Å². The maximum atomic E-state index is 12.1. The minimum Gasteiger partial charge on any atom is -0.483 e. The molecule has 8 nitrogen and oxygen atoms in total. The molecular formula is C16H22N4O4. The van der Waals surface area contributed by atoms with Gasteiger partial charge in [0.2, 0.25) is 5.91 Å². The first-order chi connectivity index (χ1) is 11.5. The number of nitrogens with one attached hydrogen (secondary N) is 2. The number of nitrogens with two attached hydrogens (primary N) is 1. The SMILES string of the molecule is Cc1ccccc1OCC(=O)NNC(=O)[C@@H]1CCCN(C(N)=O)C1. The fraction of sp³-hybridized carbons (Fsp3) is 0.438. The third-order valence-electron chi connectivity index (χ3n) is 3.88. The number of hydrogen-bond acceptors (Lipinski definition) is 4. The number of benzene rings is 1. The number of hydrogen-bond donors (Lipinski definition) is 3. The smallest absolute Gasteiger partial charge is 0.314 e. The Morgan fingerprint density at radius 2 is 2.04 bits per heavy atom. The van der Waals surface area contributed by atoms with Crippen LogP contribution in [0.1, 0.15) is 18.4 Å². The Hall–Kier alpha value is -2.77. The van der Waals surface area contributed by atoms with Crippen LogP contribution in [0.15, 0.2) is 24.3 Å². The summed E-state index contributed by atoms with van der Waals surface area (Å²) in [7, 11) is 0. The van der Waals surface area contributed by atoms with Gasteiger partial charge in [-0.05, 0) is 31.4 Å². The van der Waals surface area contributed by atoms with Crippen molar-refractivity contribution in [2.45, 2.75) is 19.8 Å². The number of likely N-dealkylation sites (tertiary alicyclic amines) is 1. The number of carbonyl (C=O) groups is 3. The van der Waals surface area contributed by atoms with Crippen molar-refractivity contribution in [2.24, 2.45) is 11.7 Å². The summed E-state index contributed by atoms with van der Waals surface area (Å²) in [4.78, 5) is 36.4. The minimum atomic E-state index is -0.539. The number of hydrazine groups is 1. The molecule has 1 aliphatic heterocycles. The number of nitrogens with zero attached hydrogens (tertiary/aromatic N) is 1. The van der Waals surface area contributed by atoms with Gasteiger partial charge < -0.3 is 15.4 Å². The normalized spacial score (nSPS) is 17.0. The summed E-state index contributed by atoms with van der Waals surface area (Å²) in [6.07, 6.45) is 1.34. The van der Waals surface area contributed by atoms with E-state index in [9.17, 15) is 14.4 Å². The molecule has 2 rings (SSSR count). The van der Waals surface area contributed by atoms with Gasteiger partial charge in [0, 0.05) is 13.1 Å². The fourth-order valence-corrected chi connectivity index (χ4v) is 2.52. The topological polar surface area (TPSA) is 114 Å². The third-order valence-corrected chi connectivity index (χ3v) is 3.88. The predicted molar refractivity (Wildman–Crippen MR) is 86.8 cm³/mol. The maximum Gasteiger partial charge on any atom is 0.314 e. The van der Waals surface area contributed by atoms with Crippen LogP contribution in [0.4, 0.5) is 4.79 Å². The highest BCUT2D eigenvalue weighted by Crippen LogP contribution is 2.16. The van der Waals surface area contributed by atoms with Crippen molar-refractivity contribution in [2.75, 3.05) is 19.7 Å². The summed E-state index contributed by atoms with van der Waals surface area (Å²) < 4.78 is 5.39. The second-order valence-corrected chi connectivity index (χ2v) is 5.72. The molecule has 0 saturated carbocycles. The van der Waals surface area contributed by atoms with E-state index in [1.54, 1.807) is 6.07 Å². The van der Waals surface area contributed by atoms with Gasteiger partial charge in [-0.3, -0.25) is 20.4 Å². The van der Waals surface area contributed by atoms with E-state index >= 15 is 0 Å². The highest BCUT2D eigenvalue weighted by Gasteiger charge is 2.27. The van der Waals surface area contributed by atoms with E-state index in [1.807, 2.05) is 25.1 Å². The van der Waals surface area contributed by atoms with Gasteiger partial charge in [0.1, 0.15) is 5.75 Å². The zero-order valence-corrected chi connectivity index (χ0v) is 13.6. The van der Waals surface area contributed by atoms with Gasteiger partial charge in [0.15, 0.2) is 6.61 Å². The lowest BCUT2D eigenvalue weighted by atomic mass is 9.98. The molecule has 0 radical (unpaired) electrons. The number of carbonyl (C=O) groups excluding carboxylic acids is 3. The quantitative estimate of drug-likeness (QED) is 0.688. The van der Waals surface area contributed by atoms with E-state index in [-0.39, 0.29) is 25.0 Å². The fourth-order valence-electron chi connectivity index (χ4n) is 2.52. The zero-order valence-electron chi connectivity index (χ0n) is 13.6. The van der Waals surface area contributed by atoms with Crippen molar-refractivity contribution in [3.05, 3.63) is 29.8 Å². The van der Waals surface area contributed by atoms with Crippen LogP contribution in [0.2, 0.25) is 0 Å². The number of para-hydroxylation sites is 1. The van der Waals surface area contributed by atoms with Crippen LogP contribution in [0.5, 0.6) is 5.75 Å². The number of ether oxygens (including phenoxy) is 1. The van der Waals surface area contributed by atoms with Gasteiger partial charge in [0.25, 0.3) is 5.91 Å². The molecule has 4 N–H and O–H groups in total. The number of aryl methyl sites for hydroxylation is 1. The molecule has 1 aliphatic rings. The van der Waals surface area contributed by atoms with Crippen molar-refractivity contribution in [1.82, 2.24) is 15.8 Å². The van der Waals surface area contributed by atoms with Crippen molar-refractivity contribution in [3.8, 4) is 5.75 Å². The highest BCUT2D eigenvalue weighted by atomic mass is 16.5. The Morgan fingerprint density at radius 1 is 1.29 bits per heavy atom. The summed E-state index contributed by atoms with van der Waals surface area (Å²) in [5.41, 5.74) is 10.8. The molecule has 24 heavy (non-hydrogen) atoms. The van der Waals surface area contributed by atoms with Crippen LogP contribution in [-0.4, -0.2) is 42.4 Å². The lowest BCUT2D eigenvalue weighted by Gasteiger charge is -2.30. The molecule has 130 valence electrons. The Morgan fingerprint density at radius 3 is 2.75 bits per heavy atom. The van der Waals surface area contributed by atoms with Gasteiger partial charge in [-0.15, -0.1) is 0 Å². The van der Waals surface area contributed by atoms with E-state index in [2.05, 4.69) is 10.9 Å². The van der Waals surface area contributed by atoms with E-state index in [4.69, 9.17) is 10.5 Å². The van der Waals surface area contributed by atoms with Gasteiger partial charge in [-0.25, -0.2) is 4.79 Å². The summed E-state index contributed by atoms with van der Waals surface area (Å²) >= 11 is 0. The first-order valence-corrected chi connectivity index (χ1v) is 7.79. The first-order valence-electron chi connectivity index (χ1n) is 7.79. The molecule has 0 bridgehead atoms. The minimum absolute atomic E-state index is 0.205. The van der Waals surface area contributed by atoms with E-state index in [0.717, 1.165) is 5.56 Å². The average molecular weight is 334 g/mol. The van der Waals surface area contributed by atoms with Gasteiger partial charge in [-0.1, -0.05) is 18.2 Å². The van der Waals surface area contributed by atoms with Crippen LogP contribution >= 0.6 is 0 Å². The average Bonchev–Trinajstić information content (AvgIpc) is 2.59. The molecule has 0 spiro atoms. The molecule has 1 atom stereocenters. The molecule has 0 unspecified atom stereocenters. The van der Waals surface area contributed by atoms with Crippen LogP contribution in [0.25, 0.3) is 0 Å². The number of amides is 4. The molecule has 1 aromatic carbocycles. The lowest BCUT2D eigenvalue weighted by molar-refractivity contribution is -0.132. The second kappa shape index (κ2) is 8.19. The second-order valence-electron chi connectivity index (χ2n) is 5.72. The standard InChI is InChI=1S/C16H22N4O4/c1-11-5-2-3-7-13(11)24-10-14(21)18-19-15(22)12-6-4-8-20(9-12)16(17)23/h2-3,5,7,12H,4,6,8-10H2,1H3,(H2,17,23)(H,18,21)(H,19,22)/t12-/m1/s1. The number of rotatable bonds is 4. The van der Waals surface area contributed by atoms with Crippen molar-refractivity contribution in [3.63, 3.8) is 0 Å². The van der Waals surface area contributed by atoms with Crippen molar-refractivity contribution >= 4 is 17.8 Å². The molecule has 8 heteroatoms. The summed E-state index contributed by atoms with van der Waals surface area (Å²) in [6.45, 7) is 2.48. The largest absolute Gasteiger partial charge is 0.483 e. The van der Waals surface area contributed by atoms with Gasteiger partial charge in [0.05, 0.1) is 5.92 Å². The van der Waals surface area contributed by atoms with Crippen LogP contribution in [0.3, 0.4) is 0 Å². The Bertz CT molecular complexity index is 620. The molecule has 1 fully saturated rings. The molecule has 4 amide bonds. The Balaban J connectivity index is 1.74. The van der Waals surface area contributed by atoms with Crippen LogP contribution < -0.4 is 21.3 Å². The molecule has 1 saturated heterocycles. The summed E-state index contributed by atoms with van der Waals surface area (Å²) in [5.74, 6) is -0.577. The molecule has 1 aromatic rings. The number of primary amides is 1. The number of piperidine rings is 1.